The molecular formula is C28H30ClN7O7S2. The van der Waals surface area contributed by atoms with Crippen LogP contribution in [-0.2, 0) is 24.8 Å². The number of rotatable bonds is 8. The summed E-state index contributed by atoms with van der Waals surface area (Å²) in [5.41, 5.74) is 1.88. The number of ether oxygens (including phenoxy) is 1. The number of piperazine rings is 1. The van der Waals surface area contributed by atoms with Crippen molar-refractivity contribution in [2.24, 2.45) is 0 Å². The molecule has 45 heavy (non-hydrogen) atoms. The van der Waals surface area contributed by atoms with Crippen LogP contribution in [0.25, 0.3) is 22.0 Å². The number of pyridine rings is 1. The number of aromatic nitrogens is 4. The number of hydrogen-bond acceptors (Lipinski definition) is 9. The average Bonchev–Trinajstić information content (AvgIpc) is 3.48. The minimum atomic E-state index is -4.03. The van der Waals surface area contributed by atoms with Crippen molar-refractivity contribution in [1.82, 2.24) is 28.5 Å². The topological polar surface area (TPSA) is 173 Å². The van der Waals surface area contributed by atoms with Gasteiger partial charge in [0.2, 0.25) is 15.8 Å². The van der Waals surface area contributed by atoms with Crippen LogP contribution in [0.5, 0.6) is 0 Å². The normalized spacial score (nSPS) is 18.8. The minimum Gasteiger partial charge on any atom is -0.619 e. The molecule has 2 aliphatic heterocycles. The smallest absolute Gasteiger partial charge is 0.291 e. The fourth-order valence-corrected chi connectivity index (χ4v) is 8.67. The molecule has 0 spiro atoms. The van der Waals surface area contributed by atoms with Crippen LogP contribution >= 0.6 is 11.6 Å². The van der Waals surface area contributed by atoms with Crippen molar-refractivity contribution in [2.45, 2.75) is 17.5 Å². The van der Waals surface area contributed by atoms with E-state index in [0.29, 0.717) is 45.0 Å². The van der Waals surface area contributed by atoms with Crippen molar-refractivity contribution in [3.05, 3.63) is 77.2 Å². The van der Waals surface area contributed by atoms with Crippen LogP contribution in [0.15, 0.2) is 66.2 Å². The number of amides is 1. The summed E-state index contributed by atoms with van der Waals surface area (Å²) in [5, 5.41) is 12.4. The second kappa shape index (κ2) is 12.6. The Morgan fingerprint density at radius 2 is 1.69 bits per heavy atom. The Balaban J connectivity index is 1.25. The van der Waals surface area contributed by atoms with E-state index in [1.165, 1.54) is 44.4 Å². The molecule has 1 aromatic carbocycles. The Morgan fingerprint density at radius 3 is 2.40 bits per heavy atom. The third kappa shape index (κ3) is 6.66. The number of aromatic amines is 1. The lowest BCUT2D eigenvalue weighted by atomic mass is 10.1. The molecule has 0 bridgehead atoms. The molecule has 17 heteroatoms. The van der Waals surface area contributed by atoms with Crippen LogP contribution in [0.2, 0.25) is 5.02 Å². The molecular weight excluding hydrogens is 646 g/mol. The molecule has 4 aromatic rings. The molecule has 238 valence electrons. The number of hydrogen-bond donors (Lipinski definition) is 1. The van der Waals surface area contributed by atoms with E-state index < -0.39 is 32.0 Å². The summed E-state index contributed by atoms with van der Waals surface area (Å²) in [6, 6.07) is 8.92. The Labute approximate surface area is 264 Å². The Bertz CT molecular complexity index is 1910. The van der Waals surface area contributed by atoms with Gasteiger partial charge in [0, 0.05) is 84.8 Å². The zero-order chi connectivity index (χ0) is 31.8. The van der Waals surface area contributed by atoms with Gasteiger partial charge < -0.3 is 19.8 Å². The van der Waals surface area contributed by atoms with Crippen LogP contribution in [-0.4, -0.2) is 109 Å². The summed E-state index contributed by atoms with van der Waals surface area (Å²) in [7, 11) is -7.72. The first-order valence-corrected chi connectivity index (χ1v) is 17.6. The third-order valence-corrected chi connectivity index (χ3v) is 11.9. The van der Waals surface area contributed by atoms with Gasteiger partial charge in [-0.2, -0.15) is 13.3 Å². The molecule has 1 amide bonds. The highest BCUT2D eigenvalue weighted by Crippen LogP contribution is 2.27. The van der Waals surface area contributed by atoms with Crippen molar-refractivity contribution in [3.63, 3.8) is 0 Å². The number of nitrogens with one attached hydrogen (secondary N) is 1. The predicted molar refractivity (Wildman–Crippen MR) is 164 cm³/mol. The standard InChI is InChI=1S/C28H30ClN7O7S2/c29-23-1-2-25-21(15-23)16-26(32-25)45(41,42)35-8-9-36(24(19-35)5-14-44(39,40)34-10-12-43-13-11-34)28(37)27-30-17-22(18-31-27)20-3-6-33(38)7-4-20/h1-4,6-7,15-18,24,32H,5,8-14,19H2. The monoisotopic (exact) mass is 675 g/mol. The number of fused-ring (bicyclic) bond motifs is 1. The first-order chi connectivity index (χ1) is 21.5. The highest BCUT2D eigenvalue weighted by atomic mass is 35.5. The molecule has 2 aliphatic rings. The summed E-state index contributed by atoms with van der Waals surface area (Å²) < 4.78 is 62.4. The van der Waals surface area contributed by atoms with E-state index in [9.17, 15) is 26.8 Å². The maximum atomic E-state index is 13.7. The number of carbonyl (C=O) groups excluding carboxylic acids is 1. The lowest BCUT2D eigenvalue weighted by molar-refractivity contribution is -0.605. The van der Waals surface area contributed by atoms with Gasteiger partial charge >= 0.3 is 0 Å². The second-order valence-electron chi connectivity index (χ2n) is 10.7. The molecule has 6 rings (SSSR count). The molecule has 2 fully saturated rings. The van der Waals surface area contributed by atoms with Crippen LogP contribution in [0.1, 0.15) is 17.0 Å². The quantitative estimate of drug-likeness (QED) is 0.214. The van der Waals surface area contributed by atoms with Gasteiger partial charge in [-0.15, -0.1) is 0 Å². The average molecular weight is 676 g/mol. The van der Waals surface area contributed by atoms with Gasteiger partial charge in [0.1, 0.15) is 5.03 Å². The SMILES string of the molecule is O=C(c1ncc(-c2cc[n+]([O-])cc2)cn1)N1CCN(S(=O)(=O)c2cc3cc(Cl)ccc3[nH]2)CC1CCS(=O)(=O)N1CCOCC1. The van der Waals surface area contributed by atoms with E-state index in [-0.39, 0.29) is 55.7 Å². The van der Waals surface area contributed by atoms with Crippen molar-refractivity contribution in [3.8, 4) is 11.1 Å². The highest BCUT2D eigenvalue weighted by Gasteiger charge is 2.39. The minimum absolute atomic E-state index is 0.000312. The lowest BCUT2D eigenvalue weighted by Crippen LogP contribution is -2.57. The zero-order valence-corrected chi connectivity index (χ0v) is 26.3. The van der Waals surface area contributed by atoms with E-state index in [1.54, 1.807) is 30.3 Å². The maximum Gasteiger partial charge on any atom is 0.291 e. The first kappa shape index (κ1) is 31.3. The zero-order valence-electron chi connectivity index (χ0n) is 24.0. The number of nitrogens with zero attached hydrogens (tertiary/aromatic N) is 6. The Hall–Kier alpha value is -3.67. The third-order valence-electron chi connectivity index (χ3n) is 7.93. The van der Waals surface area contributed by atoms with Crippen LogP contribution < -0.4 is 4.73 Å². The molecule has 1 atom stereocenters. The number of sulfonamides is 2. The molecule has 1 unspecified atom stereocenters. The van der Waals surface area contributed by atoms with E-state index in [0.717, 1.165) is 0 Å². The molecule has 0 aliphatic carbocycles. The number of H-pyrrole nitrogens is 1. The van der Waals surface area contributed by atoms with E-state index >= 15 is 0 Å². The molecule has 0 radical (unpaired) electrons. The summed E-state index contributed by atoms with van der Waals surface area (Å²) in [4.78, 5) is 26.6. The summed E-state index contributed by atoms with van der Waals surface area (Å²) in [6.45, 7) is 0.909. The summed E-state index contributed by atoms with van der Waals surface area (Å²) in [5.74, 6) is -0.940. The lowest BCUT2D eigenvalue weighted by Gasteiger charge is -2.40. The molecule has 1 N–H and O–H groups in total. The van der Waals surface area contributed by atoms with Crippen molar-refractivity contribution in [2.75, 3.05) is 51.7 Å². The van der Waals surface area contributed by atoms with Gasteiger partial charge in [-0.25, -0.2) is 26.8 Å². The Kier molecular flexibility index (Phi) is 8.78. The molecule has 3 aromatic heterocycles. The first-order valence-electron chi connectivity index (χ1n) is 14.2. The van der Waals surface area contributed by atoms with Crippen LogP contribution in [0, 0.1) is 5.21 Å². The van der Waals surface area contributed by atoms with Crippen molar-refractivity contribution < 1.29 is 31.1 Å². The number of benzene rings is 1. The van der Waals surface area contributed by atoms with E-state index in [1.807, 2.05) is 0 Å². The Morgan fingerprint density at radius 1 is 0.978 bits per heavy atom. The van der Waals surface area contributed by atoms with Gasteiger partial charge in [-0.05, 0) is 36.2 Å². The largest absolute Gasteiger partial charge is 0.619 e. The molecule has 14 nitrogen and oxygen atoms in total. The van der Waals surface area contributed by atoms with Gasteiger partial charge in [-0.3, -0.25) is 4.79 Å². The van der Waals surface area contributed by atoms with Crippen LogP contribution in [0.3, 0.4) is 0 Å². The summed E-state index contributed by atoms with van der Waals surface area (Å²) >= 11 is 6.09. The predicted octanol–water partition coefficient (Wildman–Crippen LogP) is 1.48. The highest BCUT2D eigenvalue weighted by molar-refractivity contribution is 7.89. The number of carbonyl (C=O) groups is 1. The molecule has 5 heterocycles. The maximum absolute atomic E-state index is 13.7. The van der Waals surface area contributed by atoms with Gasteiger partial charge in [0.25, 0.3) is 15.9 Å². The van der Waals surface area contributed by atoms with Gasteiger partial charge in [0.15, 0.2) is 12.4 Å². The fraction of sp³-hybridized carbons (Fsp3) is 0.357. The molecule has 0 saturated carbocycles. The van der Waals surface area contributed by atoms with Crippen molar-refractivity contribution in [1.29, 1.82) is 0 Å². The number of halogens is 1. The number of morpholine rings is 1. The van der Waals surface area contributed by atoms with Gasteiger partial charge in [0.05, 0.1) is 19.0 Å². The van der Waals surface area contributed by atoms with Crippen molar-refractivity contribution >= 4 is 48.5 Å². The van der Waals surface area contributed by atoms with E-state index in [4.69, 9.17) is 16.3 Å². The second-order valence-corrected chi connectivity index (χ2v) is 15.2. The van der Waals surface area contributed by atoms with E-state index in [2.05, 4.69) is 15.0 Å². The molecule has 2 saturated heterocycles. The van der Waals surface area contributed by atoms with Crippen LogP contribution in [0.4, 0.5) is 0 Å². The summed E-state index contributed by atoms with van der Waals surface area (Å²) in [6.07, 6.45) is 5.60. The fourth-order valence-electron chi connectivity index (χ4n) is 5.47. The van der Waals surface area contributed by atoms with Gasteiger partial charge in [-0.1, -0.05) is 11.6 Å².